The van der Waals surface area contributed by atoms with Crippen molar-refractivity contribution in [1.82, 2.24) is 4.90 Å². The summed E-state index contributed by atoms with van der Waals surface area (Å²) in [6.45, 7) is 4.82. The van der Waals surface area contributed by atoms with E-state index in [1.165, 1.54) is 12.1 Å². The van der Waals surface area contributed by atoms with Gasteiger partial charge in [0.1, 0.15) is 11.5 Å². The van der Waals surface area contributed by atoms with E-state index >= 15 is 0 Å². The number of hydrogen-bond donors (Lipinski definition) is 1. The monoisotopic (exact) mass is 322 g/mol. The molecule has 0 unspecified atom stereocenters. The minimum absolute atomic E-state index is 0.129. The molecular weight excluding hydrogens is 300 g/mol. The number of aryl methyl sites for hydroxylation is 1. The lowest BCUT2D eigenvalue weighted by Gasteiger charge is -2.24. The fourth-order valence-electron chi connectivity index (χ4n) is 2.27. The molecule has 0 aliphatic heterocycles. The second-order valence-corrected chi connectivity index (χ2v) is 6.99. The third kappa shape index (κ3) is 3.97. The number of nitrogens with zero attached hydrogens (tertiary/aromatic N) is 1. The van der Waals surface area contributed by atoms with Crippen LogP contribution in [0.4, 0.5) is 0 Å². The minimum atomic E-state index is -3.64. The molecule has 6 heteroatoms. The maximum absolute atomic E-state index is 11.3. The Bertz CT molecular complexity index is 720. The normalized spacial score (nSPS) is 13.5. The highest BCUT2D eigenvalue weighted by Gasteiger charge is 2.15. The van der Waals surface area contributed by atoms with Gasteiger partial charge in [-0.25, -0.2) is 13.6 Å². The average Bonchev–Trinajstić information content (AvgIpc) is 2.93. The summed E-state index contributed by atoms with van der Waals surface area (Å²) < 4.78 is 28.3. The average molecular weight is 322 g/mol. The molecule has 120 valence electrons. The van der Waals surface area contributed by atoms with Gasteiger partial charge in [0.2, 0.25) is 10.0 Å². The molecule has 0 saturated carbocycles. The highest BCUT2D eigenvalue weighted by molar-refractivity contribution is 7.89. The second kappa shape index (κ2) is 6.64. The van der Waals surface area contributed by atoms with Gasteiger partial charge < -0.3 is 4.42 Å². The van der Waals surface area contributed by atoms with Crippen molar-refractivity contribution >= 4 is 10.0 Å². The van der Waals surface area contributed by atoms with E-state index in [2.05, 4.69) is 18.7 Å². The van der Waals surface area contributed by atoms with Crippen molar-refractivity contribution in [3.63, 3.8) is 0 Å². The molecule has 2 rings (SSSR count). The Morgan fingerprint density at radius 1 is 1.14 bits per heavy atom. The SMILES string of the molecule is CCc1ccc(CN(C)[C@H](C)c2ccc(S(N)(=O)=O)cc2)o1. The molecule has 0 bridgehead atoms. The summed E-state index contributed by atoms with van der Waals surface area (Å²) in [6, 6.07) is 10.8. The predicted molar refractivity (Wildman–Crippen MR) is 85.8 cm³/mol. The molecule has 0 aliphatic carbocycles. The van der Waals surface area contributed by atoms with Gasteiger partial charge in [-0.3, -0.25) is 4.90 Å². The Kier molecular flexibility index (Phi) is 5.05. The maximum Gasteiger partial charge on any atom is 0.238 e. The lowest BCUT2D eigenvalue weighted by molar-refractivity contribution is 0.230. The Balaban J connectivity index is 2.08. The lowest BCUT2D eigenvalue weighted by atomic mass is 10.1. The zero-order valence-electron chi connectivity index (χ0n) is 13.1. The summed E-state index contributed by atoms with van der Waals surface area (Å²) in [5.74, 6) is 1.90. The van der Waals surface area contributed by atoms with Crippen LogP contribution in [0.5, 0.6) is 0 Å². The summed E-state index contributed by atoms with van der Waals surface area (Å²) in [5.41, 5.74) is 1.03. The number of hydrogen-bond acceptors (Lipinski definition) is 4. The van der Waals surface area contributed by atoms with Gasteiger partial charge in [-0.1, -0.05) is 19.1 Å². The van der Waals surface area contributed by atoms with Crippen LogP contribution >= 0.6 is 0 Å². The molecular formula is C16H22N2O3S. The van der Waals surface area contributed by atoms with Crippen molar-refractivity contribution in [1.29, 1.82) is 0 Å². The van der Waals surface area contributed by atoms with E-state index in [1.807, 2.05) is 19.2 Å². The molecule has 0 amide bonds. The van der Waals surface area contributed by atoms with Crippen LogP contribution in [0, 0.1) is 0 Å². The van der Waals surface area contributed by atoms with E-state index in [0.29, 0.717) is 6.54 Å². The molecule has 0 spiro atoms. The molecule has 5 nitrogen and oxygen atoms in total. The van der Waals surface area contributed by atoms with E-state index in [1.54, 1.807) is 12.1 Å². The first-order chi connectivity index (χ1) is 10.3. The third-order valence-electron chi connectivity index (χ3n) is 3.82. The molecule has 22 heavy (non-hydrogen) atoms. The van der Waals surface area contributed by atoms with Crippen LogP contribution in [0.15, 0.2) is 45.7 Å². The minimum Gasteiger partial charge on any atom is -0.465 e. The summed E-state index contributed by atoms with van der Waals surface area (Å²) in [6.07, 6.45) is 0.883. The van der Waals surface area contributed by atoms with Crippen LogP contribution in [0.25, 0.3) is 0 Å². The first kappa shape index (κ1) is 16.7. The molecule has 0 saturated heterocycles. The Morgan fingerprint density at radius 3 is 2.23 bits per heavy atom. The van der Waals surface area contributed by atoms with Crippen LogP contribution in [0.3, 0.4) is 0 Å². The highest BCUT2D eigenvalue weighted by atomic mass is 32.2. The standard InChI is InChI=1S/C16H22N2O3S/c1-4-14-7-8-15(21-14)11-18(3)12(2)13-5-9-16(10-6-13)22(17,19)20/h5-10,12H,4,11H2,1-3H3,(H2,17,19,20)/t12-/m1/s1. The van der Waals surface area contributed by atoms with Crippen molar-refractivity contribution < 1.29 is 12.8 Å². The van der Waals surface area contributed by atoms with E-state index in [0.717, 1.165) is 23.5 Å². The number of benzene rings is 1. The first-order valence-electron chi connectivity index (χ1n) is 7.22. The number of sulfonamides is 1. The molecule has 1 heterocycles. The summed E-state index contributed by atoms with van der Waals surface area (Å²) in [5, 5.41) is 5.11. The van der Waals surface area contributed by atoms with Crippen LogP contribution in [-0.2, 0) is 23.0 Å². The van der Waals surface area contributed by atoms with E-state index in [-0.39, 0.29) is 10.9 Å². The summed E-state index contributed by atoms with van der Waals surface area (Å²) in [4.78, 5) is 2.27. The van der Waals surface area contributed by atoms with Gasteiger partial charge in [-0.15, -0.1) is 0 Å². The van der Waals surface area contributed by atoms with Crippen molar-refractivity contribution in [3.05, 3.63) is 53.5 Å². The highest BCUT2D eigenvalue weighted by Crippen LogP contribution is 2.22. The van der Waals surface area contributed by atoms with Crippen LogP contribution in [-0.4, -0.2) is 20.4 Å². The van der Waals surface area contributed by atoms with Crippen molar-refractivity contribution in [2.75, 3.05) is 7.05 Å². The number of rotatable bonds is 6. The third-order valence-corrected chi connectivity index (χ3v) is 4.75. The van der Waals surface area contributed by atoms with Crippen molar-refractivity contribution in [2.45, 2.75) is 37.8 Å². The predicted octanol–water partition coefficient (Wildman–Crippen LogP) is 2.68. The quantitative estimate of drug-likeness (QED) is 0.887. The fourth-order valence-corrected chi connectivity index (χ4v) is 2.79. The molecule has 0 radical (unpaired) electrons. The zero-order chi connectivity index (χ0) is 16.3. The fraction of sp³-hybridized carbons (Fsp3) is 0.375. The zero-order valence-corrected chi connectivity index (χ0v) is 13.9. The van der Waals surface area contributed by atoms with Gasteiger partial charge in [0.15, 0.2) is 0 Å². The molecule has 0 aliphatic rings. The van der Waals surface area contributed by atoms with E-state index < -0.39 is 10.0 Å². The molecule has 1 aromatic heterocycles. The van der Waals surface area contributed by atoms with Crippen molar-refractivity contribution in [2.24, 2.45) is 5.14 Å². The van der Waals surface area contributed by atoms with Crippen LogP contribution < -0.4 is 5.14 Å². The van der Waals surface area contributed by atoms with Crippen LogP contribution in [0.1, 0.15) is 37.0 Å². The van der Waals surface area contributed by atoms with Gasteiger partial charge in [-0.05, 0) is 43.8 Å². The largest absolute Gasteiger partial charge is 0.465 e. The molecule has 1 atom stereocenters. The lowest BCUT2D eigenvalue weighted by Crippen LogP contribution is -2.21. The Hall–Kier alpha value is -1.63. The molecule has 0 fully saturated rings. The topological polar surface area (TPSA) is 76.5 Å². The van der Waals surface area contributed by atoms with Gasteiger partial charge in [0.05, 0.1) is 11.4 Å². The number of nitrogens with two attached hydrogens (primary N) is 1. The number of furan rings is 1. The van der Waals surface area contributed by atoms with Gasteiger partial charge in [0, 0.05) is 12.5 Å². The van der Waals surface area contributed by atoms with E-state index in [9.17, 15) is 8.42 Å². The van der Waals surface area contributed by atoms with Gasteiger partial charge in [0.25, 0.3) is 0 Å². The van der Waals surface area contributed by atoms with Crippen molar-refractivity contribution in [3.8, 4) is 0 Å². The second-order valence-electron chi connectivity index (χ2n) is 5.43. The first-order valence-corrected chi connectivity index (χ1v) is 8.76. The maximum atomic E-state index is 11.3. The molecule has 2 N–H and O–H groups in total. The number of primary sulfonamides is 1. The summed E-state index contributed by atoms with van der Waals surface area (Å²) in [7, 11) is -1.64. The molecule has 2 aromatic rings. The Morgan fingerprint density at radius 2 is 1.73 bits per heavy atom. The summed E-state index contributed by atoms with van der Waals surface area (Å²) >= 11 is 0. The van der Waals surface area contributed by atoms with Crippen LogP contribution in [0.2, 0.25) is 0 Å². The Labute approximate surface area is 131 Å². The van der Waals surface area contributed by atoms with Gasteiger partial charge in [-0.2, -0.15) is 0 Å². The van der Waals surface area contributed by atoms with Gasteiger partial charge >= 0.3 is 0 Å². The molecule has 1 aromatic carbocycles. The smallest absolute Gasteiger partial charge is 0.238 e. The van der Waals surface area contributed by atoms with E-state index in [4.69, 9.17) is 9.56 Å².